The number of carbonyl (C=O) groups is 8. The summed E-state index contributed by atoms with van der Waals surface area (Å²) in [6, 6.07) is -7.14. The molecule has 11 bridgehead atoms. The summed E-state index contributed by atoms with van der Waals surface area (Å²) in [6.07, 6.45) is -15.5. The summed E-state index contributed by atoms with van der Waals surface area (Å²) in [6.45, 7) is 5.72. The van der Waals surface area contributed by atoms with Crippen LogP contribution in [0.15, 0.2) is 88.4 Å². The number of halogens is 2. The van der Waals surface area contributed by atoms with Gasteiger partial charge in [-0.2, -0.15) is 0 Å². The lowest BCUT2D eigenvalue weighted by atomic mass is 9.86. The van der Waals surface area contributed by atoms with Crippen molar-refractivity contribution in [3.05, 3.63) is 105 Å². The van der Waals surface area contributed by atoms with Gasteiger partial charge in [0.05, 0.1) is 41.7 Å². The number of aliphatic hydroxyl groups is 6. The van der Waals surface area contributed by atoms with E-state index in [1.807, 2.05) is 13.8 Å². The molecule has 7 aliphatic heterocycles. The number of phenolic OH excluding ortho intramolecular Hbond substituents is 3. The molecule has 2 aliphatic carbocycles. The first kappa shape index (κ1) is 75.0. The number of phenols is 3. The minimum absolute atomic E-state index is 0.0245. The molecule has 3 aromatic carbocycles. The van der Waals surface area contributed by atoms with E-state index in [0.717, 1.165) is 42.5 Å². The number of carboxylic acids is 1. The normalized spacial score (nSPS) is 31.9. The Labute approximate surface area is 585 Å². The van der Waals surface area contributed by atoms with E-state index in [1.54, 1.807) is 0 Å². The first-order chi connectivity index (χ1) is 47.7. The quantitative estimate of drug-likeness (QED) is 0.0877. The van der Waals surface area contributed by atoms with Gasteiger partial charge in [0, 0.05) is 41.1 Å². The zero-order chi connectivity index (χ0) is 73.5. The molecule has 0 aromatic heterocycles. The number of carboxylic acid groups (broad SMARTS) is 1. The van der Waals surface area contributed by atoms with Gasteiger partial charge in [-0.25, -0.2) is 4.79 Å². The van der Waals surface area contributed by atoms with E-state index in [1.165, 1.54) is 39.1 Å². The molecule has 2 fully saturated rings. The van der Waals surface area contributed by atoms with E-state index in [2.05, 4.69) is 37.2 Å². The number of alkyl halides is 1. The zero-order valence-corrected chi connectivity index (χ0v) is 56.3. The number of nitrogens with two attached hydrogens (primary N) is 2. The molecule has 35 heteroatoms. The Bertz CT molecular complexity index is 3920. The molecule has 11 unspecified atom stereocenters. The molecule has 0 saturated carbocycles. The van der Waals surface area contributed by atoms with Crippen LogP contribution in [0.3, 0.4) is 0 Å². The first-order valence-electron chi connectivity index (χ1n) is 32.2. The van der Waals surface area contributed by atoms with Crippen molar-refractivity contribution in [2.24, 2.45) is 17.4 Å². The summed E-state index contributed by atoms with van der Waals surface area (Å²) in [7, 11) is 1.49. The number of nitrogens with one attached hydrogen (secondary N) is 7. The van der Waals surface area contributed by atoms with Crippen molar-refractivity contribution in [3.63, 3.8) is 0 Å². The number of hydrogen-bond acceptors (Lipinski definition) is 25. The van der Waals surface area contributed by atoms with Crippen LogP contribution >= 0.6 is 23.2 Å². The molecular formula is C66H79Cl2N9O24. The Morgan fingerprint density at radius 2 is 1.49 bits per heavy atom. The van der Waals surface area contributed by atoms with Gasteiger partial charge < -0.3 is 128 Å². The molecule has 19 atom stereocenters. The van der Waals surface area contributed by atoms with Gasteiger partial charge in [0.25, 0.3) is 0 Å². The van der Waals surface area contributed by atoms with Crippen LogP contribution in [-0.4, -0.2) is 209 Å². The van der Waals surface area contributed by atoms with E-state index in [9.17, 15) is 75.0 Å². The molecule has 12 rings (SSSR count). The number of likely N-dealkylation sites (N-methyl/N-ethyl adjacent to an activating group) is 1. The van der Waals surface area contributed by atoms with Crippen molar-refractivity contribution in [2.75, 3.05) is 13.7 Å². The third kappa shape index (κ3) is 16.0. The average Bonchev–Trinajstić information content (AvgIpc) is 0.771. The van der Waals surface area contributed by atoms with Crippen LogP contribution in [-0.2, 0) is 52.6 Å². The van der Waals surface area contributed by atoms with Crippen LogP contribution in [0.5, 0.6) is 34.5 Å². The molecular weight excluding hydrogens is 1370 g/mol. The molecule has 101 heavy (non-hydrogen) atoms. The highest BCUT2D eigenvalue weighted by molar-refractivity contribution is 6.31. The highest BCUT2D eigenvalue weighted by Crippen LogP contribution is 2.49. The number of ether oxygens (including phenoxy) is 6. The summed E-state index contributed by atoms with van der Waals surface area (Å²) in [4.78, 5) is 117. The molecule has 21 N–H and O–H groups in total. The number of benzene rings is 3. The fourth-order valence-electron chi connectivity index (χ4n) is 13.0. The van der Waals surface area contributed by atoms with Gasteiger partial charge in [-0.15, -0.1) is 11.6 Å². The Kier molecular flexibility index (Phi) is 22.6. The number of aromatic hydroxyl groups is 3. The van der Waals surface area contributed by atoms with Crippen molar-refractivity contribution >= 4 is 70.5 Å². The van der Waals surface area contributed by atoms with E-state index >= 15 is 14.4 Å². The van der Waals surface area contributed by atoms with Crippen LogP contribution in [0.4, 0.5) is 0 Å². The number of primary amides is 1. The van der Waals surface area contributed by atoms with Crippen molar-refractivity contribution in [1.82, 2.24) is 37.2 Å². The lowest BCUT2D eigenvalue weighted by Crippen LogP contribution is -2.64. The van der Waals surface area contributed by atoms with Crippen molar-refractivity contribution in [3.8, 4) is 45.6 Å². The highest BCUT2D eigenvalue weighted by atomic mass is 35.5. The maximum absolute atomic E-state index is 16.0. The molecule has 2 saturated heterocycles. The van der Waals surface area contributed by atoms with Crippen LogP contribution in [0.2, 0.25) is 0 Å². The van der Waals surface area contributed by atoms with Crippen molar-refractivity contribution < 1.29 is 118 Å². The number of aliphatic carboxylic acids is 1. The summed E-state index contributed by atoms with van der Waals surface area (Å²) in [5, 5.41) is 130. The summed E-state index contributed by atoms with van der Waals surface area (Å²) >= 11 is 14.3. The van der Waals surface area contributed by atoms with Crippen molar-refractivity contribution in [1.29, 1.82) is 0 Å². The maximum atomic E-state index is 16.0. The van der Waals surface area contributed by atoms with Gasteiger partial charge in [-0.05, 0) is 111 Å². The summed E-state index contributed by atoms with van der Waals surface area (Å²) in [5.74, 6) is -15.2. The SMILES string of the molecule is CN[C@H](CC(C)C)C(=O)N[C@H]1C(=O)N[C@@H](CC(N)=O)C(=O)NC2C(=O)N[C@H]3C(=O)N[C@H](C(=O)N[C@H](C(=O)O)c4cc(O)cc(O)c4-c4cc3ccc4O)[C@H](O)C3=CC=C(Oc4cc2cc(c4OC2OC(CO)C(O)C(O)C2OC2CC(C)(N)C(O)C(C)O2)OC2=C(Cl)C=C(CC2)[C@H]1O)C(Cl)C3. The fraction of sp³-hybridized carbons (Fsp3) is 0.485. The van der Waals surface area contributed by atoms with Crippen LogP contribution in [0.25, 0.3) is 11.1 Å². The van der Waals surface area contributed by atoms with Gasteiger partial charge in [0.2, 0.25) is 53.4 Å². The number of aliphatic hydroxyl groups excluding tert-OH is 6. The van der Waals surface area contributed by atoms with E-state index in [-0.39, 0.29) is 64.9 Å². The molecule has 0 spiro atoms. The standard InChI is InChI=1S/C66H79Cl2N9O24/c1-23(2)12-34(71-5)58(88)76-49-51(83)26-7-10-38(32(67)14-26)97-40-16-28-17-41(55(40)101-65-56(54(86)53(85)42(22-78)99-65)100-44-21-66(4,70)57(87)24(3)96-44)98-39-11-8-27(15-33(39)68)52(84)50-63(93)75-48(64(94)95)31-18-29(79)19-37(81)45(31)30-13-25(6-9-36(30)80)46(60(90)77-50)74-61(91)47(28)73-59(89)35(20-43(69)82)72-62(49)92/h6,8-9,11,13-14,16-19,23-24,33-35,42,44,46-54,56-57,65,71,78-81,83-87H,7,10,12,15,20-22,70H2,1-5H3,(H2,69,82)(H,72,92)(H,73,89)(H,74,91)(H,75,93)(H,76,88)(H,77,90)(H,94,95)/t24?,33?,34-,35+,42?,44?,46-,47?,48+,49-,50+,51-,52-,53?,54?,56?,57?,65?,66?/m1/s1. The van der Waals surface area contributed by atoms with Crippen LogP contribution < -0.4 is 62.9 Å². The number of hydrogen-bond donors (Lipinski definition) is 19. The molecule has 546 valence electrons. The Balaban J connectivity index is 1.23. The number of amides is 7. The largest absolute Gasteiger partial charge is 0.508 e. The van der Waals surface area contributed by atoms with Gasteiger partial charge >= 0.3 is 5.97 Å². The minimum atomic E-state index is -2.31. The third-order valence-electron chi connectivity index (χ3n) is 18.4. The molecule has 0 radical (unpaired) electrons. The lowest BCUT2D eigenvalue weighted by Gasteiger charge is -2.47. The summed E-state index contributed by atoms with van der Waals surface area (Å²) in [5.41, 5.74) is 8.50. The second kappa shape index (κ2) is 30.5. The van der Waals surface area contributed by atoms with Crippen molar-refractivity contribution in [2.45, 2.75) is 181 Å². The fourth-order valence-corrected chi connectivity index (χ4v) is 13.6. The molecule has 9 aliphatic rings. The number of rotatable bonds is 13. The van der Waals surface area contributed by atoms with Gasteiger partial charge in [-0.3, -0.25) is 33.6 Å². The number of fused-ring (bicyclic) bond motifs is 15. The monoisotopic (exact) mass is 1450 g/mol. The zero-order valence-electron chi connectivity index (χ0n) is 54.8. The Morgan fingerprint density at radius 3 is 2.13 bits per heavy atom. The second-order valence-corrected chi connectivity index (χ2v) is 27.2. The lowest BCUT2D eigenvalue weighted by molar-refractivity contribution is -0.333. The topological polar surface area (TPSA) is 530 Å². The number of allylic oxidation sites excluding steroid dienone is 6. The summed E-state index contributed by atoms with van der Waals surface area (Å²) < 4.78 is 38.6. The molecule has 33 nitrogen and oxygen atoms in total. The smallest absolute Gasteiger partial charge is 0.330 e. The predicted molar refractivity (Wildman–Crippen MR) is 350 cm³/mol. The van der Waals surface area contributed by atoms with Crippen LogP contribution in [0, 0.1) is 5.92 Å². The van der Waals surface area contributed by atoms with E-state index in [4.69, 9.17) is 63.1 Å². The highest BCUT2D eigenvalue weighted by Gasteiger charge is 2.52. The molecule has 3 aromatic rings. The van der Waals surface area contributed by atoms with Crippen LogP contribution in [0.1, 0.15) is 101 Å². The average molecular weight is 1450 g/mol. The Morgan fingerprint density at radius 1 is 0.802 bits per heavy atom. The first-order valence-corrected chi connectivity index (χ1v) is 33.0. The van der Waals surface area contributed by atoms with E-state index < -0.39 is 238 Å². The van der Waals surface area contributed by atoms with E-state index in [0.29, 0.717) is 0 Å². The second-order valence-electron chi connectivity index (χ2n) is 26.3. The Hall–Kier alpha value is -8.68. The maximum Gasteiger partial charge on any atom is 0.330 e. The minimum Gasteiger partial charge on any atom is -0.508 e. The number of carbonyl (C=O) groups excluding carboxylic acids is 7. The van der Waals surface area contributed by atoms with Gasteiger partial charge in [0.1, 0.15) is 89.5 Å². The molecule has 7 heterocycles. The predicted octanol–water partition coefficient (Wildman–Crippen LogP) is -1.38. The van der Waals surface area contributed by atoms with Gasteiger partial charge in [0.15, 0.2) is 29.9 Å². The molecule has 7 amide bonds. The third-order valence-corrected chi connectivity index (χ3v) is 19.1. The van der Waals surface area contributed by atoms with Gasteiger partial charge in [-0.1, -0.05) is 37.6 Å².